The molecule has 5 heteroatoms. The summed E-state index contributed by atoms with van der Waals surface area (Å²) in [5.74, 6) is 1.03. The fraction of sp³-hybridized carbons (Fsp3) is 0.348. The number of anilines is 1. The van der Waals surface area contributed by atoms with E-state index in [9.17, 15) is 4.79 Å². The summed E-state index contributed by atoms with van der Waals surface area (Å²) in [6.07, 6.45) is 0. The largest absolute Gasteiger partial charge is 0.497 e. The molecule has 28 heavy (non-hydrogen) atoms. The van der Waals surface area contributed by atoms with Gasteiger partial charge in [0.25, 0.3) is 0 Å². The molecule has 0 bridgehead atoms. The van der Waals surface area contributed by atoms with Gasteiger partial charge in [-0.2, -0.15) is 0 Å². The zero-order chi connectivity index (χ0) is 19.7. The maximum absolute atomic E-state index is 13.1. The van der Waals surface area contributed by atoms with E-state index in [1.807, 2.05) is 41.8 Å². The Kier molecular flexibility index (Phi) is 5.09. The van der Waals surface area contributed by atoms with Crippen LogP contribution in [0.4, 0.5) is 5.69 Å². The molecule has 4 rings (SSSR count). The maximum Gasteiger partial charge on any atom is 0.245 e. The van der Waals surface area contributed by atoms with E-state index in [1.54, 1.807) is 7.11 Å². The van der Waals surface area contributed by atoms with Gasteiger partial charge in [0.2, 0.25) is 5.91 Å². The van der Waals surface area contributed by atoms with Gasteiger partial charge in [0.05, 0.1) is 19.2 Å². The van der Waals surface area contributed by atoms with Crippen LogP contribution in [0.3, 0.4) is 0 Å². The fourth-order valence-electron chi connectivity index (χ4n) is 4.07. The molecule has 1 aliphatic heterocycles. The summed E-state index contributed by atoms with van der Waals surface area (Å²) in [5, 5.41) is 1.16. The lowest BCUT2D eigenvalue weighted by atomic mass is 10.2. The minimum atomic E-state index is 0.152. The van der Waals surface area contributed by atoms with Crippen molar-refractivity contribution in [1.82, 2.24) is 9.47 Å². The van der Waals surface area contributed by atoms with E-state index >= 15 is 0 Å². The van der Waals surface area contributed by atoms with Gasteiger partial charge in [-0.3, -0.25) is 14.3 Å². The highest BCUT2D eigenvalue weighted by Gasteiger charge is 2.22. The van der Waals surface area contributed by atoms with E-state index in [1.165, 1.54) is 11.3 Å². The average Bonchev–Trinajstić information content (AvgIpc) is 2.99. The molecule has 1 aliphatic rings. The minimum Gasteiger partial charge on any atom is -0.497 e. The van der Waals surface area contributed by atoms with Crippen molar-refractivity contribution in [1.29, 1.82) is 0 Å². The molecule has 0 saturated carbocycles. The summed E-state index contributed by atoms with van der Waals surface area (Å²) in [6.45, 7) is 8.19. The second kappa shape index (κ2) is 7.68. The van der Waals surface area contributed by atoms with E-state index < -0.39 is 0 Å². The molecule has 5 nitrogen and oxygen atoms in total. The third-order valence-electron chi connectivity index (χ3n) is 5.85. The third kappa shape index (κ3) is 3.38. The monoisotopic (exact) mass is 377 g/mol. The number of nitrogens with zero attached hydrogens (tertiary/aromatic N) is 3. The molecule has 146 valence electrons. The Morgan fingerprint density at radius 2 is 1.64 bits per heavy atom. The quantitative estimate of drug-likeness (QED) is 0.694. The van der Waals surface area contributed by atoms with E-state index in [2.05, 4.69) is 34.9 Å². The Morgan fingerprint density at radius 3 is 2.32 bits per heavy atom. The van der Waals surface area contributed by atoms with Crippen molar-refractivity contribution in [3.63, 3.8) is 0 Å². The Balaban J connectivity index is 1.42. The topological polar surface area (TPSA) is 37.7 Å². The van der Waals surface area contributed by atoms with Crippen LogP contribution in [0.1, 0.15) is 16.1 Å². The number of piperazine rings is 1. The normalized spacial score (nSPS) is 15.2. The van der Waals surface area contributed by atoms with Crippen molar-refractivity contribution < 1.29 is 9.53 Å². The van der Waals surface area contributed by atoms with Gasteiger partial charge in [0.1, 0.15) is 5.75 Å². The molecule has 2 heterocycles. The number of aromatic nitrogens is 1. The molecule has 0 amide bonds. The first-order chi connectivity index (χ1) is 13.6. The molecule has 0 N–H and O–H groups in total. The van der Waals surface area contributed by atoms with Crippen LogP contribution in [0.25, 0.3) is 10.9 Å². The van der Waals surface area contributed by atoms with E-state index in [0.29, 0.717) is 6.54 Å². The SMILES string of the molecule is COc1ccc(N2CCN(CC(=O)n3c(C)c(C)c4ccccc43)CC2)cc1. The van der Waals surface area contributed by atoms with Crippen molar-refractivity contribution in [2.45, 2.75) is 13.8 Å². The number of benzene rings is 2. The van der Waals surface area contributed by atoms with Gasteiger partial charge in [-0.1, -0.05) is 18.2 Å². The number of carbonyl (C=O) groups excluding carboxylic acids is 1. The van der Waals surface area contributed by atoms with Crippen LogP contribution in [0, 0.1) is 13.8 Å². The predicted molar refractivity (Wildman–Crippen MR) is 114 cm³/mol. The number of methoxy groups -OCH3 is 1. The molecular formula is C23H27N3O2. The van der Waals surface area contributed by atoms with Crippen LogP contribution in [-0.4, -0.2) is 55.2 Å². The van der Waals surface area contributed by atoms with Crippen LogP contribution in [0.15, 0.2) is 48.5 Å². The molecule has 0 spiro atoms. The van der Waals surface area contributed by atoms with Gasteiger partial charge in [-0.25, -0.2) is 0 Å². The Morgan fingerprint density at radius 1 is 0.964 bits per heavy atom. The molecule has 3 aromatic rings. The first-order valence-electron chi connectivity index (χ1n) is 9.79. The lowest BCUT2D eigenvalue weighted by molar-refractivity contribution is 0.0847. The average molecular weight is 377 g/mol. The first-order valence-corrected chi connectivity index (χ1v) is 9.79. The predicted octanol–water partition coefficient (Wildman–Crippen LogP) is 3.73. The van der Waals surface area contributed by atoms with Gasteiger partial charge in [-0.05, 0) is 49.7 Å². The van der Waals surface area contributed by atoms with Crippen LogP contribution in [-0.2, 0) is 0 Å². The number of para-hydroxylation sites is 1. The summed E-state index contributed by atoms with van der Waals surface area (Å²) in [6, 6.07) is 16.3. The first kappa shape index (κ1) is 18.6. The van der Waals surface area contributed by atoms with Crippen LogP contribution < -0.4 is 9.64 Å². The number of aryl methyl sites for hydroxylation is 1. The summed E-state index contributed by atoms with van der Waals surface area (Å²) in [7, 11) is 1.68. The number of ether oxygens (including phenoxy) is 1. The summed E-state index contributed by atoms with van der Waals surface area (Å²) >= 11 is 0. The van der Waals surface area contributed by atoms with Crippen molar-refractivity contribution in [3.05, 3.63) is 59.8 Å². The highest BCUT2D eigenvalue weighted by atomic mass is 16.5. The van der Waals surface area contributed by atoms with Crippen molar-refractivity contribution >= 4 is 22.5 Å². The summed E-state index contributed by atoms with van der Waals surface area (Å²) in [5.41, 5.74) is 4.45. The fourth-order valence-corrected chi connectivity index (χ4v) is 4.07. The maximum atomic E-state index is 13.1. The van der Waals surface area contributed by atoms with Gasteiger partial charge in [0, 0.05) is 42.9 Å². The lowest BCUT2D eigenvalue weighted by Crippen LogP contribution is -2.48. The van der Waals surface area contributed by atoms with Crippen LogP contribution in [0.5, 0.6) is 5.75 Å². The summed E-state index contributed by atoms with van der Waals surface area (Å²) < 4.78 is 7.12. The highest BCUT2D eigenvalue weighted by molar-refractivity contribution is 5.96. The van der Waals surface area contributed by atoms with Crippen LogP contribution >= 0.6 is 0 Å². The Hall–Kier alpha value is -2.79. The third-order valence-corrected chi connectivity index (χ3v) is 5.85. The van der Waals surface area contributed by atoms with Gasteiger partial charge < -0.3 is 9.64 Å². The van der Waals surface area contributed by atoms with Gasteiger partial charge >= 0.3 is 0 Å². The molecular weight excluding hydrogens is 350 g/mol. The standard InChI is InChI=1S/C23H27N3O2/c1-17-18(2)26(22-7-5-4-6-21(17)22)23(27)16-24-12-14-25(15-13-24)19-8-10-20(28-3)11-9-19/h4-11H,12-16H2,1-3H3. The second-order valence-corrected chi connectivity index (χ2v) is 7.42. The van der Waals surface area contributed by atoms with Gasteiger partial charge in [0.15, 0.2) is 0 Å². The lowest BCUT2D eigenvalue weighted by Gasteiger charge is -2.35. The highest BCUT2D eigenvalue weighted by Crippen LogP contribution is 2.25. The van der Waals surface area contributed by atoms with Crippen molar-refractivity contribution in [3.8, 4) is 5.75 Å². The molecule has 0 radical (unpaired) electrons. The molecule has 2 aromatic carbocycles. The molecule has 1 saturated heterocycles. The molecule has 1 fully saturated rings. The van der Waals surface area contributed by atoms with E-state index in [4.69, 9.17) is 4.74 Å². The number of rotatable bonds is 4. The summed E-state index contributed by atoms with van der Waals surface area (Å²) in [4.78, 5) is 17.7. The van der Waals surface area contributed by atoms with E-state index in [-0.39, 0.29) is 5.91 Å². The Bertz CT molecular complexity index is 983. The van der Waals surface area contributed by atoms with Crippen molar-refractivity contribution in [2.24, 2.45) is 0 Å². The Labute approximate surface area is 166 Å². The second-order valence-electron chi connectivity index (χ2n) is 7.42. The molecule has 1 aromatic heterocycles. The zero-order valence-electron chi connectivity index (χ0n) is 16.8. The molecule has 0 aliphatic carbocycles. The number of hydrogen-bond donors (Lipinski definition) is 0. The zero-order valence-corrected chi connectivity index (χ0v) is 16.8. The van der Waals surface area contributed by atoms with Gasteiger partial charge in [-0.15, -0.1) is 0 Å². The molecule has 0 atom stereocenters. The smallest absolute Gasteiger partial charge is 0.245 e. The number of carbonyl (C=O) groups is 1. The van der Waals surface area contributed by atoms with Crippen LogP contribution in [0.2, 0.25) is 0 Å². The number of hydrogen-bond acceptors (Lipinski definition) is 4. The van der Waals surface area contributed by atoms with Crippen molar-refractivity contribution in [2.75, 3.05) is 44.7 Å². The number of fused-ring (bicyclic) bond motifs is 1. The minimum absolute atomic E-state index is 0.152. The van der Waals surface area contributed by atoms with E-state index in [0.717, 1.165) is 48.5 Å². The molecule has 0 unspecified atom stereocenters.